The average Bonchev–Trinajstić information content (AvgIpc) is 2.41. The Morgan fingerprint density at radius 1 is 1.29 bits per heavy atom. The maximum atomic E-state index is 3.51. The van der Waals surface area contributed by atoms with Crippen LogP contribution in [0.2, 0.25) is 0 Å². The molecule has 0 fully saturated rings. The van der Waals surface area contributed by atoms with E-state index in [-0.39, 0.29) is 5.41 Å². The van der Waals surface area contributed by atoms with E-state index < -0.39 is 0 Å². The largest absolute Gasteiger partial charge is 0.382 e. The molecule has 14 heavy (non-hydrogen) atoms. The molecule has 1 atom stereocenters. The highest BCUT2D eigenvalue weighted by atomic mass is 14.9. The SMILES string of the molecule is C[C@H]1Cc2c(cccc2C(C)(C)C)N1. The number of hydrogen-bond donors (Lipinski definition) is 1. The first-order chi connectivity index (χ1) is 6.48. The minimum atomic E-state index is 0.261. The normalized spacial score (nSPS) is 20.4. The molecule has 0 unspecified atom stereocenters. The monoisotopic (exact) mass is 189 g/mol. The van der Waals surface area contributed by atoms with E-state index in [4.69, 9.17) is 0 Å². The molecule has 0 radical (unpaired) electrons. The Morgan fingerprint density at radius 3 is 2.64 bits per heavy atom. The van der Waals surface area contributed by atoms with Gasteiger partial charge < -0.3 is 5.32 Å². The fourth-order valence-electron chi connectivity index (χ4n) is 2.27. The van der Waals surface area contributed by atoms with Gasteiger partial charge in [0.2, 0.25) is 0 Å². The molecule has 1 aromatic carbocycles. The maximum Gasteiger partial charge on any atom is 0.0378 e. The minimum absolute atomic E-state index is 0.261. The fraction of sp³-hybridized carbons (Fsp3) is 0.538. The maximum absolute atomic E-state index is 3.51. The van der Waals surface area contributed by atoms with E-state index in [0.717, 1.165) is 0 Å². The van der Waals surface area contributed by atoms with Crippen molar-refractivity contribution < 1.29 is 0 Å². The van der Waals surface area contributed by atoms with Gasteiger partial charge in [-0.1, -0.05) is 32.9 Å². The van der Waals surface area contributed by atoms with Crippen LogP contribution in [-0.4, -0.2) is 6.04 Å². The van der Waals surface area contributed by atoms with Gasteiger partial charge in [-0.05, 0) is 36.0 Å². The second-order valence-electron chi connectivity index (χ2n) is 5.33. The third-order valence-corrected chi connectivity index (χ3v) is 2.90. The van der Waals surface area contributed by atoms with Gasteiger partial charge in [-0.15, -0.1) is 0 Å². The molecule has 0 saturated carbocycles. The van der Waals surface area contributed by atoms with Gasteiger partial charge >= 0.3 is 0 Å². The molecule has 1 heterocycles. The first-order valence-corrected chi connectivity index (χ1v) is 5.37. The van der Waals surface area contributed by atoms with Crippen molar-refractivity contribution >= 4 is 5.69 Å². The predicted molar refractivity (Wildman–Crippen MR) is 61.9 cm³/mol. The summed E-state index contributed by atoms with van der Waals surface area (Å²) in [5.41, 5.74) is 4.61. The first-order valence-electron chi connectivity index (χ1n) is 5.37. The van der Waals surface area contributed by atoms with Gasteiger partial charge in [0.15, 0.2) is 0 Å². The third kappa shape index (κ3) is 1.52. The number of anilines is 1. The number of nitrogens with one attached hydrogen (secondary N) is 1. The van der Waals surface area contributed by atoms with E-state index in [1.807, 2.05) is 0 Å². The Kier molecular flexibility index (Phi) is 2.06. The van der Waals surface area contributed by atoms with Crippen LogP contribution in [-0.2, 0) is 11.8 Å². The van der Waals surface area contributed by atoms with Crippen molar-refractivity contribution in [2.24, 2.45) is 0 Å². The topological polar surface area (TPSA) is 12.0 Å². The Hall–Kier alpha value is -0.980. The smallest absolute Gasteiger partial charge is 0.0378 e. The summed E-state index contributed by atoms with van der Waals surface area (Å²) in [6.07, 6.45) is 1.17. The highest BCUT2D eigenvalue weighted by Gasteiger charge is 2.24. The summed E-state index contributed by atoms with van der Waals surface area (Å²) >= 11 is 0. The van der Waals surface area contributed by atoms with Crippen LogP contribution in [0.3, 0.4) is 0 Å². The van der Waals surface area contributed by atoms with Crippen LogP contribution in [0.5, 0.6) is 0 Å². The molecule has 1 nitrogen and oxygen atoms in total. The summed E-state index contributed by atoms with van der Waals surface area (Å²) in [4.78, 5) is 0. The molecular formula is C13H19N. The van der Waals surface area contributed by atoms with Crippen LogP contribution < -0.4 is 5.32 Å². The second-order valence-corrected chi connectivity index (χ2v) is 5.33. The lowest BCUT2D eigenvalue weighted by molar-refractivity contribution is 0.583. The molecule has 1 N–H and O–H groups in total. The van der Waals surface area contributed by atoms with E-state index in [9.17, 15) is 0 Å². The van der Waals surface area contributed by atoms with Crippen LogP contribution in [0.1, 0.15) is 38.8 Å². The molecule has 0 saturated heterocycles. The molecule has 0 aromatic heterocycles. The summed E-state index contributed by atoms with van der Waals surface area (Å²) in [6.45, 7) is 9.09. The second kappa shape index (κ2) is 3.01. The number of benzene rings is 1. The Balaban J connectivity index is 2.50. The Bertz CT molecular complexity index is 347. The van der Waals surface area contributed by atoms with Crippen molar-refractivity contribution in [1.82, 2.24) is 0 Å². The fourth-order valence-corrected chi connectivity index (χ4v) is 2.27. The van der Waals surface area contributed by atoms with Crippen molar-refractivity contribution in [3.05, 3.63) is 29.3 Å². The summed E-state index contributed by atoms with van der Waals surface area (Å²) in [7, 11) is 0. The molecule has 0 spiro atoms. The summed E-state index contributed by atoms with van der Waals surface area (Å²) in [5.74, 6) is 0. The molecule has 1 aliphatic heterocycles. The highest BCUT2D eigenvalue weighted by Crippen LogP contribution is 2.35. The summed E-state index contributed by atoms with van der Waals surface area (Å²) in [5, 5.41) is 3.51. The van der Waals surface area contributed by atoms with Crippen LogP contribution in [0.25, 0.3) is 0 Å². The summed E-state index contributed by atoms with van der Waals surface area (Å²) in [6, 6.07) is 7.20. The van der Waals surface area contributed by atoms with Crippen LogP contribution in [0, 0.1) is 0 Å². The standard InChI is InChI=1S/C13H19N/c1-9-8-10-11(13(2,3)4)6-5-7-12(10)14-9/h5-7,9,14H,8H2,1-4H3/t9-/m0/s1. The van der Waals surface area contributed by atoms with Crippen LogP contribution >= 0.6 is 0 Å². The van der Waals surface area contributed by atoms with Gasteiger partial charge in [0.05, 0.1) is 0 Å². The Morgan fingerprint density at radius 2 is 2.00 bits per heavy atom. The third-order valence-electron chi connectivity index (χ3n) is 2.90. The van der Waals surface area contributed by atoms with Gasteiger partial charge in [-0.3, -0.25) is 0 Å². The zero-order chi connectivity index (χ0) is 10.3. The number of hydrogen-bond acceptors (Lipinski definition) is 1. The Labute approximate surface area is 86.5 Å². The van der Waals surface area contributed by atoms with Crippen LogP contribution in [0.15, 0.2) is 18.2 Å². The first kappa shape index (κ1) is 9.57. The lowest BCUT2D eigenvalue weighted by Crippen LogP contribution is -2.14. The van der Waals surface area contributed by atoms with Crippen molar-refractivity contribution in [1.29, 1.82) is 0 Å². The lowest BCUT2D eigenvalue weighted by atomic mass is 9.83. The number of rotatable bonds is 0. The van der Waals surface area contributed by atoms with E-state index in [1.165, 1.54) is 23.2 Å². The molecule has 0 aliphatic carbocycles. The van der Waals surface area contributed by atoms with E-state index in [1.54, 1.807) is 0 Å². The van der Waals surface area contributed by atoms with E-state index in [0.29, 0.717) is 6.04 Å². The number of fused-ring (bicyclic) bond motifs is 1. The van der Waals surface area contributed by atoms with Crippen molar-refractivity contribution in [3.8, 4) is 0 Å². The summed E-state index contributed by atoms with van der Waals surface area (Å²) < 4.78 is 0. The van der Waals surface area contributed by atoms with E-state index >= 15 is 0 Å². The van der Waals surface area contributed by atoms with Crippen LogP contribution in [0.4, 0.5) is 5.69 Å². The molecule has 1 heteroatoms. The zero-order valence-corrected chi connectivity index (χ0v) is 9.52. The predicted octanol–water partition coefficient (Wildman–Crippen LogP) is 3.34. The molecule has 0 bridgehead atoms. The highest BCUT2D eigenvalue weighted by molar-refractivity contribution is 5.60. The van der Waals surface area contributed by atoms with Gasteiger partial charge in [-0.2, -0.15) is 0 Å². The average molecular weight is 189 g/mol. The van der Waals surface area contributed by atoms with Crippen molar-refractivity contribution in [2.45, 2.75) is 45.6 Å². The van der Waals surface area contributed by atoms with Gasteiger partial charge in [0.1, 0.15) is 0 Å². The molecule has 76 valence electrons. The molecular weight excluding hydrogens is 170 g/mol. The molecule has 2 rings (SSSR count). The van der Waals surface area contributed by atoms with Gasteiger partial charge in [0.25, 0.3) is 0 Å². The van der Waals surface area contributed by atoms with Gasteiger partial charge in [0, 0.05) is 11.7 Å². The van der Waals surface area contributed by atoms with Gasteiger partial charge in [-0.25, -0.2) is 0 Å². The van der Waals surface area contributed by atoms with Crippen molar-refractivity contribution in [3.63, 3.8) is 0 Å². The zero-order valence-electron chi connectivity index (χ0n) is 9.52. The van der Waals surface area contributed by atoms with E-state index in [2.05, 4.69) is 51.2 Å². The molecule has 0 amide bonds. The lowest BCUT2D eigenvalue weighted by Gasteiger charge is -2.22. The molecule has 1 aliphatic rings. The minimum Gasteiger partial charge on any atom is -0.382 e. The molecule has 1 aromatic rings. The quantitative estimate of drug-likeness (QED) is 0.660. The van der Waals surface area contributed by atoms with Crippen molar-refractivity contribution in [2.75, 3.05) is 5.32 Å².